The molecule has 0 fully saturated rings. The molecule has 1 N–H and O–H groups in total. The number of benzene rings is 3. The third-order valence-electron chi connectivity index (χ3n) is 5.32. The normalized spacial score (nSPS) is 10.7. The Morgan fingerprint density at radius 1 is 0.765 bits per heavy atom. The third-order valence-corrected chi connectivity index (χ3v) is 5.32. The van der Waals surface area contributed by atoms with Crippen LogP contribution >= 0.6 is 0 Å². The van der Waals surface area contributed by atoms with Crippen molar-refractivity contribution in [2.45, 2.75) is 6.92 Å². The van der Waals surface area contributed by atoms with Gasteiger partial charge in [-0.15, -0.1) is 5.10 Å². The van der Waals surface area contributed by atoms with E-state index in [1.807, 2.05) is 78.9 Å². The summed E-state index contributed by atoms with van der Waals surface area (Å²) in [5.74, 6) is -0.797. The van der Waals surface area contributed by atoms with Crippen molar-refractivity contribution in [3.05, 3.63) is 120 Å². The highest BCUT2D eigenvalue weighted by molar-refractivity contribution is 6.10. The predicted molar refractivity (Wildman–Crippen MR) is 127 cm³/mol. The number of carbonyl (C=O) groups excluding carboxylic acids is 2. The van der Waals surface area contributed by atoms with Crippen LogP contribution in [0.2, 0.25) is 0 Å². The lowest BCUT2D eigenvalue weighted by Crippen LogP contribution is -2.13. The van der Waals surface area contributed by atoms with E-state index in [0.29, 0.717) is 17.1 Å². The van der Waals surface area contributed by atoms with Crippen LogP contribution in [0.1, 0.15) is 32.4 Å². The van der Waals surface area contributed by atoms with Gasteiger partial charge in [-0.05, 0) is 43.3 Å². The molecule has 0 unspecified atom stereocenters. The molecule has 166 valence electrons. The van der Waals surface area contributed by atoms with Crippen molar-refractivity contribution >= 4 is 17.4 Å². The molecule has 0 bridgehead atoms. The van der Waals surface area contributed by atoms with E-state index in [2.05, 4.69) is 20.7 Å². The molecular formula is C26H20N6O2. The molecule has 8 nitrogen and oxygen atoms in total. The molecule has 2 aromatic heterocycles. The summed E-state index contributed by atoms with van der Waals surface area (Å²) in [5, 5.41) is 15.6. The van der Waals surface area contributed by atoms with Crippen LogP contribution in [-0.4, -0.2) is 36.5 Å². The summed E-state index contributed by atoms with van der Waals surface area (Å²) in [6.45, 7) is 1.78. The maximum Gasteiger partial charge on any atom is 0.276 e. The van der Waals surface area contributed by atoms with E-state index in [1.54, 1.807) is 23.7 Å². The van der Waals surface area contributed by atoms with Crippen molar-refractivity contribution in [1.82, 2.24) is 24.8 Å². The molecule has 0 aliphatic rings. The number of rotatable bonds is 6. The van der Waals surface area contributed by atoms with E-state index in [1.165, 1.54) is 10.7 Å². The fourth-order valence-electron chi connectivity index (χ4n) is 3.61. The summed E-state index contributed by atoms with van der Waals surface area (Å²) in [5.41, 5.74) is 3.19. The first-order chi connectivity index (χ1) is 16.6. The Morgan fingerprint density at radius 3 is 1.94 bits per heavy atom. The van der Waals surface area contributed by atoms with Crippen LogP contribution in [0.3, 0.4) is 0 Å². The zero-order chi connectivity index (χ0) is 23.5. The van der Waals surface area contributed by atoms with Crippen molar-refractivity contribution < 1.29 is 9.59 Å². The minimum atomic E-state index is -0.417. The van der Waals surface area contributed by atoms with Crippen molar-refractivity contribution in [1.29, 1.82) is 0 Å². The number of nitrogens with zero attached hydrogens (tertiary/aromatic N) is 5. The Hall–Kier alpha value is -4.85. The Kier molecular flexibility index (Phi) is 5.53. The Bertz CT molecular complexity index is 1460. The maximum atomic E-state index is 13.6. The third kappa shape index (κ3) is 4.00. The maximum absolute atomic E-state index is 13.6. The van der Waals surface area contributed by atoms with Crippen molar-refractivity contribution in [2.24, 2.45) is 0 Å². The van der Waals surface area contributed by atoms with Crippen LogP contribution in [0.15, 0.2) is 97.1 Å². The number of aromatic nitrogens is 5. The lowest BCUT2D eigenvalue weighted by atomic mass is 10.1. The summed E-state index contributed by atoms with van der Waals surface area (Å²) in [7, 11) is 0. The van der Waals surface area contributed by atoms with E-state index >= 15 is 0 Å². The van der Waals surface area contributed by atoms with Crippen LogP contribution in [-0.2, 0) is 0 Å². The summed E-state index contributed by atoms with van der Waals surface area (Å²) in [6, 6.07) is 29.2. The van der Waals surface area contributed by atoms with Crippen LogP contribution in [0.25, 0.3) is 11.4 Å². The first-order valence-electron chi connectivity index (χ1n) is 10.7. The average molecular weight is 448 g/mol. The zero-order valence-corrected chi connectivity index (χ0v) is 18.3. The summed E-state index contributed by atoms with van der Waals surface area (Å²) >= 11 is 0. The molecule has 0 radical (unpaired) electrons. The highest BCUT2D eigenvalue weighted by Crippen LogP contribution is 2.20. The van der Waals surface area contributed by atoms with Gasteiger partial charge >= 0.3 is 0 Å². The molecular weight excluding hydrogens is 428 g/mol. The van der Waals surface area contributed by atoms with Gasteiger partial charge in [0.2, 0.25) is 5.78 Å². The quantitative estimate of drug-likeness (QED) is 0.392. The molecule has 2 heterocycles. The fraction of sp³-hybridized carbons (Fsp3) is 0.0385. The monoisotopic (exact) mass is 448 g/mol. The number of nitrogens with one attached hydrogen (secondary N) is 1. The Labute approximate surface area is 195 Å². The van der Waals surface area contributed by atoms with Crippen molar-refractivity contribution in [2.75, 3.05) is 5.32 Å². The van der Waals surface area contributed by atoms with Crippen molar-refractivity contribution in [3.8, 4) is 11.4 Å². The summed E-state index contributed by atoms with van der Waals surface area (Å²) in [4.78, 5) is 26.5. The molecule has 0 aliphatic heterocycles. The molecule has 0 atom stereocenters. The number of ketones is 1. The van der Waals surface area contributed by atoms with Crippen LogP contribution in [0.5, 0.6) is 0 Å². The van der Waals surface area contributed by atoms with Gasteiger partial charge < -0.3 is 5.32 Å². The Balaban J connectivity index is 1.55. The molecule has 5 rings (SSSR count). The average Bonchev–Trinajstić information content (AvgIpc) is 3.50. The molecule has 0 saturated heterocycles. The second-order valence-corrected chi connectivity index (χ2v) is 7.58. The smallest absolute Gasteiger partial charge is 0.276 e. The van der Waals surface area contributed by atoms with Crippen LogP contribution in [0.4, 0.5) is 5.69 Å². The topological polar surface area (TPSA) is 94.7 Å². The molecule has 5 aromatic rings. The lowest BCUT2D eigenvalue weighted by molar-refractivity contribution is 0.101. The second kappa shape index (κ2) is 8.95. The second-order valence-electron chi connectivity index (χ2n) is 7.58. The molecule has 8 heteroatoms. The first-order valence-corrected chi connectivity index (χ1v) is 10.7. The standard InChI is InChI=1S/C26H20N6O2/c1-18-24(28-30-31(18)20-13-7-3-8-14-20)25(33)23-17-22(26(34)27-19-11-5-2-6-12-19)29-32(23)21-15-9-4-10-16-21/h2-17H,1H3,(H,27,34). The molecule has 34 heavy (non-hydrogen) atoms. The van der Waals surface area contributed by atoms with E-state index in [9.17, 15) is 9.59 Å². The fourth-order valence-corrected chi connectivity index (χ4v) is 3.61. The largest absolute Gasteiger partial charge is 0.321 e. The first kappa shape index (κ1) is 21.0. The van der Waals surface area contributed by atoms with Gasteiger partial charge in [0, 0.05) is 11.8 Å². The highest BCUT2D eigenvalue weighted by Gasteiger charge is 2.26. The highest BCUT2D eigenvalue weighted by atomic mass is 16.2. The SMILES string of the molecule is Cc1c(C(=O)c2cc(C(=O)Nc3ccccc3)nn2-c2ccccc2)nnn1-c1ccccc1. The summed E-state index contributed by atoms with van der Waals surface area (Å²) < 4.78 is 3.07. The van der Waals surface area contributed by atoms with E-state index in [-0.39, 0.29) is 22.9 Å². The number of amides is 1. The van der Waals surface area contributed by atoms with E-state index in [4.69, 9.17) is 0 Å². The lowest BCUT2D eigenvalue weighted by Gasteiger charge is -2.06. The van der Waals surface area contributed by atoms with Crippen LogP contribution < -0.4 is 5.32 Å². The molecule has 1 amide bonds. The summed E-state index contributed by atoms with van der Waals surface area (Å²) in [6.07, 6.45) is 0. The molecule has 0 aliphatic carbocycles. The van der Waals surface area contributed by atoms with Crippen molar-refractivity contribution in [3.63, 3.8) is 0 Å². The zero-order valence-electron chi connectivity index (χ0n) is 18.3. The van der Waals surface area contributed by atoms with E-state index < -0.39 is 5.91 Å². The molecule has 0 spiro atoms. The number of hydrogen-bond donors (Lipinski definition) is 1. The number of para-hydroxylation sites is 3. The van der Waals surface area contributed by atoms with E-state index in [0.717, 1.165) is 5.69 Å². The minimum Gasteiger partial charge on any atom is -0.321 e. The van der Waals surface area contributed by atoms with Gasteiger partial charge in [0.05, 0.1) is 17.1 Å². The van der Waals surface area contributed by atoms with Gasteiger partial charge in [-0.2, -0.15) is 5.10 Å². The van der Waals surface area contributed by atoms with Crippen LogP contribution in [0, 0.1) is 6.92 Å². The molecule has 3 aromatic carbocycles. The van der Waals surface area contributed by atoms with Gasteiger partial charge in [0.25, 0.3) is 5.91 Å². The number of hydrogen-bond acceptors (Lipinski definition) is 5. The number of carbonyl (C=O) groups is 2. The predicted octanol–water partition coefficient (Wildman–Crippen LogP) is 4.24. The van der Waals surface area contributed by atoms with Gasteiger partial charge in [0.1, 0.15) is 5.69 Å². The minimum absolute atomic E-state index is 0.115. The van der Waals surface area contributed by atoms with Gasteiger partial charge in [0.15, 0.2) is 11.4 Å². The van der Waals surface area contributed by atoms with Gasteiger partial charge in [-0.3, -0.25) is 9.59 Å². The van der Waals surface area contributed by atoms with Gasteiger partial charge in [-0.1, -0.05) is 59.8 Å². The van der Waals surface area contributed by atoms with Gasteiger partial charge in [-0.25, -0.2) is 9.36 Å². The number of anilines is 1. The molecule has 0 saturated carbocycles. The Morgan fingerprint density at radius 2 is 1.32 bits per heavy atom.